The molecule has 3 aromatic rings. The number of hydrogen-bond acceptors (Lipinski definition) is 1. The zero-order valence-corrected chi connectivity index (χ0v) is 11.7. The van der Waals surface area contributed by atoms with Crippen LogP contribution in [-0.4, -0.2) is 5.91 Å². The van der Waals surface area contributed by atoms with E-state index in [1.165, 1.54) is 12.1 Å². The highest BCUT2D eigenvalue weighted by Gasteiger charge is 2.09. The van der Waals surface area contributed by atoms with Gasteiger partial charge in [0.1, 0.15) is 5.82 Å². The van der Waals surface area contributed by atoms with E-state index >= 15 is 0 Å². The quantitative estimate of drug-likeness (QED) is 0.717. The summed E-state index contributed by atoms with van der Waals surface area (Å²) in [5.74, 6) is -0.724. The van der Waals surface area contributed by atoms with Crippen LogP contribution < -0.4 is 5.32 Å². The average molecular weight is 300 g/mol. The molecule has 1 amide bonds. The van der Waals surface area contributed by atoms with Crippen molar-refractivity contribution in [3.05, 3.63) is 77.1 Å². The molecular weight excluding hydrogens is 289 g/mol. The van der Waals surface area contributed by atoms with E-state index < -0.39 is 5.82 Å². The molecule has 0 aliphatic carbocycles. The molecule has 0 atom stereocenters. The maximum Gasteiger partial charge on any atom is 0.255 e. The Kier molecular flexibility index (Phi) is 3.59. The summed E-state index contributed by atoms with van der Waals surface area (Å²) < 4.78 is 13.0. The van der Waals surface area contributed by atoms with Crippen LogP contribution in [0.2, 0.25) is 5.02 Å². The zero-order chi connectivity index (χ0) is 14.8. The topological polar surface area (TPSA) is 29.1 Å². The summed E-state index contributed by atoms with van der Waals surface area (Å²) in [6.07, 6.45) is 0. The van der Waals surface area contributed by atoms with Crippen LogP contribution in [0.25, 0.3) is 10.8 Å². The number of halogens is 2. The molecule has 1 N–H and O–H groups in total. The molecule has 0 bridgehead atoms. The molecule has 2 nitrogen and oxygen atoms in total. The van der Waals surface area contributed by atoms with Gasteiger partial charge in [0.05, 0.1) is 10.7 Å². The highest BCUT2D eigenvalue weighted by atomic mass is 35.5. The molecule has 4 heteroatoms. The van der Waals surface area contributed by atoms with Crippen LogP contribution >= 0.6 is 11.6 Å². The van der Waals surface area contributed by atoms with Gasteiger partial charge in [-0.15, -0.1) is 0 Å². The van der Waals surface area contributed by atoms with Crippen molar-refractivity contribution >= 4 is 34.0 Å². The van der Waals surface area contributed by atoms with Gasteiger partial charge in [-0.25, -0.2) is 4.39 Å². The van der Waals surface area contributed by atoms with Gasteiger partial charge in [-0.1, -0.05) is 41.9 Å². The van der Waals surface area contributed by atoms with Gasteiger partial charge in [0.15, 0.2) is 0 Å². The number of carbonyl (C=O) groups is 1. The van der Waals surface area contributed by atoms with Gasteiger partial charge in [0.2, 0.25) is 0 Å². The Labute approximate surface area is 126 Å². The monoisotopic (exact) mass is 299 g/mol. The standard InChI is InChI=1S/C17H11ClFNO/c18-15-10-14(19)7-8-16(15)20-17(21)13-6-5-11-3-1-2-4-12(11)9-13/h1-10H,(H,20,21). The third-order valence-corrected chi connectivity index (χ3v) is 3.50. The van der Waals surface area contributed by atoms with Gasteiger partial charge in [0, 0.05) is 5.56 Å². The Hall–Kier alpha value is -2.39. The van der Waals surface area contributed by atoms with E-state index in [-0.39, 0.29) is 10.9 Å². The first-order valence-corrected chi connectivity index (χ1v) is 6.76. The number of nitrogens with one attached hydrogen (secondary N) is 1. The first-order valence-electron chi connectivity index (χ1n) is 6.39. The smallest absolute Gasteiger partial charge is 0.255 e. The van der Waals surface area contributed by atoms with Gasteiger partial charge in [-0.2, -0.15) is 0 Å². The fraction of sp³-hybridized carbons (Fsp3) is 0. The van der Waals surface area contributed by atoms with E-state index in [0.717, 1.165) is 16.8 Å². The molecule has 0 fully saturated rings. The predicted molar refractivity (Wildman–Crippen MR) is 83.3 cm³/mol. The summed E-state index contributed by atoms with van der Waals surface area (Å²) in [4.78, 5) is 12.2. The van der Waals surface area contributed by atoms with Gasteiger partial charge in [0.25, 0.3) is 5.91 Å². The summed E-state index contributed by atoms with van der Waals surface area (Å²) in [6, 6.07) is 17.1. The third kappa shape index (κ3) is 2.88. The van der Waals surface area contributed by atoms with Crippen LogP contribution in [0.4, 0.5) is 10.1 Å². The lowest BCUT2D eigenvalue weighted by Crippen LogP contribution is -2.12. The van der Waals surface area contributed by atoms with E-state index in [1.807, 2.05) is 36.4 Å². The van der Waals surface area contributed by atoms with Gasteiger partial charge >= 0.3 is 0 Å². The number of amides is 1. The second-order valence-electron chi connectivity index (χ2n) is 4.64. The lowest BCUT2D eigenvalue weighted by Gasteiger charge is -2.08. The summed E-state index contributed by atoms with van der Waals surface area (Å²) >= 11 is 5.90. The van der Waals surface area contributed by atoms with E-state index in [9.17, 15) is 9.18 Å². The molecule has 0 aliphatic rings. The fourth-order valence-corrected chi connectivity index (χ4v) is 2.33. The minimum atomic E-state index is -0.441. The Balaban J connectivity index is 1.89. The van der Waals surface area contributed by atoms with E-state index in [2.05, 4.69) is 5.32 Å². The molecule has 0 spiro atoms. The molecule has 0 radical (unpaired) electrons. The summed E-state index contributed by atoms with van der Waals surface area (Å²) in [5.41, 5.74) is 0.908. The van der Waals surface area contributed by atoms with E-state index in [0.29, 0.717) is 11.3 Å². The van der Waals surface area contributed by atoms with Crippen molar-refractivity contribution < 1.29 is 9.18 Å². The molecular formula is C17H11ClFNO. The normalized spacial score (nSPS) is 10.6. The fourth-order valence-electron chi connectivity index (χ4n) is 2.12. The zero-order valence-electron chi connectivity index (χ0n) is 10.9. The second-order valence-corrected chi connectivity index (χ2v) is 5.05. The summed E-state index contributed by atoms with van der Waals surface area (Å²) in [7, 11) is 0. The molecule has 0 unspecified atom stereocenters. The van der Waals surface area contributed by atoms with Gasteiger partial charge in [-0.3, -0.25) is 4.79 Å². The minimum absolute atomic E-state index is 0.170. The third-order valence-electron chi connectivity index (χ3n) is 3.19. The van der Waals surface area contributed by atoms with E-state index in [4.69, 9.17) is 11.6 Å². The minimum Gasteiger partial charge on any atom is -0.321 e. The molecule has 0 saturated carbocycles. The largest absolute Gasteiger partial charge is 0.321 e. The van der Waals surface area contributed by atoms with Crippen molar-refractivity contribution in [3.8, 4) is 0 Å². The highest BCUT2D eigenvalue weighted by Crippen LogP contribution is 2.23. The van der Waals surface area contributed by atoms with Crippen LogP contribution in [0.15, 0.2) is 60.7 Å². The van der Waals surface area contributed by atoms with Crippen molar-refractivity contribution in [2.45, 2.75) is 0 Å². The van der Waals surface area contributed by atoms with Crippen molar-refractivity contribution in [3.63, 3.8) is 0 Å². The first-order chi connectivity index (χ1) is 10.1. The molecule has 0 saturated heterocycles. The van der Waals surface area contributed by atoms with E-state index in [1.54, 1.807) is 6.07 Å². The molecule has 0 heterocycles. The van der Waals surface area contributed by atoms with Crippen LogP contribution in [0, 0.1) is 5.82 Å². The molecule has 0 aromatic heterocycles. The van der Waals surface area contributed by atoms with Gasteiger partial charge in [-0.05, 0) is 41.1 Å². The molecule has 3 aromatic carbocycles. The number of anilines is 1. The average Bonchev–Trinajstić information content (AvgIpc) is 2.49. The second kappa shape index (κ2) is 5.54. The van der Waals surface area contributed by atoms with Crippen LogP contribution in [0.3, 0.4) is 0 Å². The first kappa shape index (κ1) is 13.6. The Morgan fingerprint density at radius 2 is 1.71 bits per heavy atom. The number of fused-ring (bicyclic) bond motifs is 1. The highest BCUT2D eigenvalue weighted by molar-refractivity contribution is 6.33. The molecule has 21 heavy (non-hydrogen) atoms. The summed E-state index contributed by atoms with van der Waals surface area (Å²) in [5, 5.41) is 4.90. The lowest BCUT2D eigenvalue weighted by atomic mass is 10.1. The molecule has 3 rings (SSSR count). The van der Waals surface area contributed by atoms with Crippen molar-refractivity contribution in [2.75, 3.05) is 5.32 Å². The Morgan fingerprint density at radius 3 is 2.48 bits per heavy atom. The van der Waals surface area contributed by atoms with Gasteiger partial charge < -0.3 is 5.32 Å². The maximum absolute atomic E-state index is 13.0. The van der Waals surface area contributed by atoms with Crippen LogP contribution in [0.1, 0.15) is 10.4 Å². The number of benzene rings is 3. The lowest BCUT2D eigenvalue weighted by molar-refractivity contribution is 0.102. The molecule has 104 valence electrons. The Bertz CT molecular complexity index is 832. The maximum atomic E-state index is 13.0. The molecule has 0 aliphatic heterocycles. The van der Waals surface area contributed by atoms with Crippen LogP contribution in [-0.2, 0) is 0 Å². The predicted octanol–water partition coefficient (Wildman–Crippen LogP) is 4.88. The number of carbonyl (C=O) groups excluding carboxylic acids is 1. The number of rotatable bonds is 2. The van der Waals surface area contributed by atoms with Crippen molar-refractivity contribution in [2.24, 2.45) is 0 Å². The SMILES string of the molecule is O=C(Nc1ccc(F)cc1Cl)c1ccc2ccccc2c1. The number of hydrogen-bond donors (Lipinski definition) is 1. The Morgan fingerprint density at radius 1 is 0.952 bits per heavy atom. The van der Waals surface area contributed by atoms with Crippen LogP contribution in [0.5, 0.6) is 0 Å². The van der Waals surface area contributed by atoms with Crippen molar-refractivity contribution in [1.29, 1.82) is 0 Å². The summed E-state index contributed by atoms with van der Waals surface area (Å²) in [6.45, 7) is 0. The van der Waals surface area contributed by atoms with Crippen molar-refractivity contribution in [1.82, 2.24) is 0 Å².